The van der Waals surface area contributed by atoms with E-state index in [0.29, 0.717) is 19.3 Å². The van der Waals surface area contributed by atoms with E-state index in [-0.39, 0.29) is 25.2 Å². The number of carbonyl (C=O) groups is 2. The smallest absolute Gasteiger partial charge is 0.306 e. The molecule has 0 bridgehead atoms. The Morgan fingerprint density at radius 3 is 1.21 bits per heavy atom. The normalized spacial score (nSPS) is 12.6. The molecule has 0 aliphatic heterocycles. The largest absolute Gasteiger partial charge is 0.462 e. The number of hydrogen-bond acceptors (Lipinski definition) is 5. The van der Waals surface area contributed by atoms with Crippen LogP contribution in [-0.2, 0) is 19.1 Å². The first-order valence-electron chi connectivity index (χ1n) is 22.2. The zero-order valence-electron chi connectivity index (χ0n) is 34.3. The van der Waals surface area contributed by atoms with Crippen molar-refractivity contribution in [2.24, 2.45) is 0 Å². The van der Waals surface area contributed by atoms with E-state index in [1.807, 2.05) is 0 Å². The zero-order valence-corrected chi connectivity index (χ0v) is 34.3. The second-order valence-electron chi connectivity index (χ2n) is 14.8. The van der Waals surface area contributed by atoms with Crippen LogP contribution in [0, 0.1) is 0 Å². The van der Waals surface area contributed by atoms with Crippen molar-refractivity contribution in [3.63, 3.8) is 0 Å². The molecule has 0 aromatic rings. The number of allylic oxidation sites excluding steroid dienone is 8. The van der Waals surface area contributed by atoms with Crippen molar-refractivity contribution < 1.29 is 24.2 Å². The van der Waals surface area contributed by atoms with E-state index in [2.05, 4.69) is 62.5 Å². The van der Waals surface area contributed by atoms with Gasteiger partial charge in [0.15, 0.2) is 6.10 Å². The molecule has 0 aromatic carbocycles. The molecule has 0 fully saturated rings. The fraction of sp³-hybridized carbons (Fsp3) is 0.787. The van der Waals surface area contributed by atoms with E-state index in [1.54, 1.807) is 0 Å². The minimum absolute atomic E-state index is 0.0925. The first-order chi connectivity index (χ1) is 25.6. The van der Waals surface area contributed by atoms with Crippen LogP contribution in [0.5, 0.6) is 0 Å². The first-order valence-corrected chi connectivity index (χ1v) is 22.2. The molecule has 1 N–H and O–H groups in total. The van der Waals surface area contributed by atoms with Gasteiger partial charge in [0, 0.05) is 12.8 Å². The van der Waals surface area contributed by atoms with Crippen LogP contribution in [0.1, 0.15) is 219 Å². The molecule has 0 rings (SSSR count). The summed E-state index contributed by atoms with van der Waals surface area (Å²) in [6.45, 7) is 4.10. The molecule has 0 unspecified atom stereocenters. The maximum absolute atomic E-state index is 12.2. The standard InChI is InChI=1S/C47H84O5/c1-3-5-7-9-11-13-15-17-19-21-22-23-24-26-27-29-31-33-35-37-39-41-46(49)51-44-45(43-48)52-47(50)42-40-38-36-34-32-30-28-25-20-18-16-14-12-10-8-6-4-2/h19,21,23-24,27,29,33,35,45,48H,3-18,20,22,25-26,28,30-32,34,36-44H2,1-2H3/b21-19+,24-23+,29-27+,35-33+/t45-/m0/s1. The quantitative estimate of drug-likeness (QED) is 0.0386. The number of aliphatic hydroxyl groups excluding tert-OH is 1. The lowest BCUT2D eigenvalue weighted by atomic mass is 10.0. The van der Waals surface area contributed by atoms with Crippen LogP contribution in [0.2, 0.25) is 0 Å². The Bertz CT molecular complexity index is 873. The van der Waals surface area contributed by atoms with Gasteiger partial charge in [0.1, 0.15) is 6.61 Å². The van der Waals surface area contributed by atoms with E-state index in [9.17, 15) is 14.7 Å². The molecule has 0 saturated heterocycles. The third-order valence-electron chi connectivity index (χ3n) is 9.63. The molecule has 5 nitrogen and oxygen atoms in total. The van der Waals surface area contributed by atoms with Crippen molar-refractivity contribution in [3.8, 4) is 0 Å². The summed E-state index contributed by atoms with van der Waals surface area (Å²) in [6.07, 6.45) is 54.7. The summed E-state index contributed by atoms with van der Waals surface area (Å²) in [5, 5.41) is 9.57. The van der Waals surface area contributed by atoms with Crippen molar-refractivity contribution >= 4 is 11.9 Å². The van der Waals surface area contributed by atoms with Gasteiger partial charge in [-0.25, -0.2) is 0 Å². The molecule has 0 heterocycles. The molecule has 0 aromatic heterocycles. The highest BCUT2D eigenvalue weighted by Crippen LogP contribution is 2.15. The molecular formula is C47H84O5. The molecular weight excluding hydrogens is 645 g/mol. The van der Waals surface area contributed by atoms with Crippen LogP contribution in [-0.4, -0.2) is 36.4 Å². The van der Waals surface area contributed by atoms with Crippen molar-refractivity contribution in [2.45, 2.75) is 225 Å². The summed E-state index contributed by atoms with van der Waals surface area (Å²) in [7, 11) is 0. The summed E-state index contributed by atoms with van der Waals surface area (Å²) in [5.74, 6) is -0.650. The van der Waals surface area contributed by atoms with Gasteiger partial charge in [-0.3, -0.25) is 9.59 Å². The van der Waals surface area contributed by atoms with Gasteiger partial charge in [0.05, 0.1) is 6.61 Å². The van der Waals surface area contributed by atoms with Crippen LogP contribution < -0.4 is 0 Å². The topological polar surface area (TPSA) is 72.8 Å². The average molecular weight is 729 g/mol. The number of hydrogen-bond donors (Lipinski definition) is 1. The first kappa shape index (κ1) is 49.9. The van der Waals surface area contributed by atoms with E-state index >= 15 is 0 Å². The number of ether oxygens (including phenoxy) is 2. The summed E-state index contributed by atoms with van der Waals surface area (Å²) in [5.41, 5.74) is 0. The summed E-state index contributed by atoms with van der Waals surface area (Å²) in [4.78, 5) is 24.3. The number of rotatable bonds is 40. The number of unbranched alkanes of at least 4 members (excludes halogenated alkanes) is 24. The van der Waals surface area contributed by atoms with Gasteiger partial charge < -0.3 is 14.6 Å². The molecule has 0 amide bonds. The third kappa shape index (κ3) is 40.6. The van der Waals surface area contributed by atoms with Crippen molar-refractivity contribution in [3.05, 3.63) is 48.6 Å². The highest BCUT2D eigenvalue weighted by atomic mass is 16.6. The molecule has 52 heavy (non-hydrogen) atoms. The van der Waals surface area contributed by atoms with Crippen molar-refractivity contribution in [1.29, 1.82) is 0 Å². The lowest BCUT2D eigenvalue weighted by molar-refractivity contribution is -0.161. The maximum atomic E-state index is 12.2. The molecule has 0 spiro atoms. The van der Waals surface area contributed by atoms with E-state index in [4.69, 9.17) is 9.47 Å². The Balaban J connectivity index is 3.62. The maximum Gasteiger partial charge on any atom is 0.306 e. The second kappa shape index (κ2) is 43.3. The van der Waals surface area contributed by atoms with Gasteiger partial charge in [-0.15, -0.1) is 0 Å². The highest BCUT2D eigenvalue weighted by molar-refractivity contribution is 5.70. The molecule has 302 valence electrons. The summed E-state index contributed by atoms with van der Waals surface area (Å²) in [6, 6.07) is 0. The highest BCUT2D eigenvalue weighted by Gasteiger charge is 2.16. The van der Waals surface area contributed by atoms with Crippen LogP contribution in [0.4, 0.5) is 0 Å². The lowest BCUT2D eigenvalue weighted by Gasteiger charge is -2.15. The molecule has 0 saturated carbocycles. The minimum Gasteiger partial charge on any atom is -0.462 e. The minimum atomic E-state index is -0.792. The zero-order chi connectivity index (χ0) is 37.8. The SMILES string of the molecule is CCCCCCCCC/C=C/C/C=C/C/C=C/C/C=C/CCCC(=O)OC[C@H](CO)OC(=O)CCCCCCCCCCCCCCCCCCC. The molecule has 0 aliphatic carbocycles. The second-order valence-corrected chi connectivity index (χ2v) is 14.8. The Kier molecular flexibility index (Phi) is 41.5. The number of carbonyl (C=O) groups excluding carboxylic acids is 2. The van der Waals surface area contributed by atoms with Crippen LogP contribution >= 0.6 is 0 Å². The molecule has 0 radical (unpaired) electrons. The summed E-state index contributed by atoms with van der Waals surface area (Å²) >= 11 is 0. The van der Waals surface area contributed by atoms with Crippen LogP contribution in [0.15, 0.2) is 48.6 Å². The van der Waals surface area contributed by atoms with Crippen molar-refractivity contribution in [1.82, 2.24) is 0 Å². The van der Waals surface area contributed by atoms with Gasteiger partial charge in [0.25, 0.3) is 0 Å². The number of aliphatic hydroxyl groups is 1. The molecule has 0 aliphatic rings. The summed E-state index contributed by atoms with van der Waals surface area (Å²) < 4.78 is 10.6. The van der Waals surface area contributed by atoms with Crippen molar-refractivity contribution in [2.75, 3.05) is 13.2 Å². The predicted molar refractivity (Wildman–Crippen MR) is 224 cm³/mol. The Morgan fingerprint density at radius 1 is 0.442 bits per heavy atom. The van der Waals surface area contributed by atoms with Gasteiger partial charge in [0.2, 0.25) is 0 Å². The van der Waals surface area contributed by atoms with Crippen LogP contribution in [0.25, 0.3) is 0 Å². The predicted octanol–water partition coefficient (Wildman–Crippen LogP) is 14.2. The van der Waals surface area contributed by atoms with Gasteiger partial charge >= 0.3 is 11.9 Å². The fourth-order valence-corrected chi connectivity index (χ4v) is 6.25. The monoisotopic (exact) mass is 729 g/mol. The lowest BCUT2D eigenvalue weighted by Crippen LogP contribution is -2.28. The van der Waals surface area contributed by atoms with Gasteiger partial charge in [-0.05, 0) is 51.4 Å². The van der Waals surface area contributed by atoms with Gasteiger partial charge in [-0.1, -0.05) is 204 Å². The van der Waals surface area contributed by atoms with E-state index in [0.717, 1.165) is 44.9 Å². The fourth-order valence-electron chi connectivity index (χ4n) is 6.25. The van der Waals surface area contributed by atoms with E-state index < -0.39 is 6.10 Å². The Hall–Kier alpha value is -2.14. The average Bonchev–Trinajstić information content (AvgIpc) is 3.15. The Labute approximate surface area is 322 Å². The molecule has 1 atom stereocenters. The Morgan fingerprint density at radius 2 is 0.788 bits per heavy atom. The third-order valence-corrected chi connectivity index (χ3v) is 9.63. The van der Waals surface area contributed by atoms with Gasteiger partial charge in [-0.2, -0.15) is 0 Å². The number of esters is 2. The molecule has 5 heteroatoms. The van der Waals surface area contributed by atoms with E-state index in [1.165, 1.54) is 141 Å². The van der Waals surface area contributed by atoms with Crippen LogP contribution in [0.3, 0.4) is 0 Å².